The van der Waals surface area contributed by atoms with Crippen LogP contribution in [0.2, 0.25) is 0 Å². The molecule has 1 aromatic carbocycles. The lowest BCUT2D eigenvalue weighted by Gasteiger charge is -2.16. The third-order valence-electron chi connectivity index (χ3n) is 3.68. The highest BCUT2D eigenvalue weighted by atomic mass is 16.2. The van der Waals surface area contributed by atoms with E-state index < -0.39 is 0 Å². The number of benzene rings is 1. The maximum absolute atomic E-state index is 11.9. The number of pyridine rings is 1. The van der Waals surface area contributed by atoms with Crippen LogP contribution < -0.4 is 10.9 Å². The van der Waals surface area contributed by atoms with Crippen LogP contribution in [0, 0.1) is 0 Å². The Kier molecular flexibility index (Phi) is 3.41. The molecule has 5 nitrogen and oxygen atoms in total. The summed E-state index contributed by atoms with van der Waals surface area (Å²) >= 11 is 0. The second-order valence-corrected chi connectivity index (χ2v) is 5.05. The molecule has 0 radical (unpaired) electrons. The molecule has 0 saturated carbocycles. The van der Waals surface area contributed by atoms with Gasteiger partial charge in [0.2, 0.25) is 5.91 Å². The Bertz CT molecular complexity index is 687. The molecule has 2 N–H and O–H groups in total. The van der Waals surface area contributed by atoms with Crippen molar-refractivity contribution in [2.75, 3.05) is 25.0 Å². The fraction of sp³-hybridized carbons (Fsp3) is 0.333. The summed E-state index contributed by atoms with van der Waals surface area (Å²) in [5, 5.41) is 4.62. The molecule has 2 aromatic rings. The van der Waals surface area contributed by atoms with Gasteiger partial charge >= 0.3 is 0 Å². The molecule has 0 atom stereocenters. The van der Waals surface area contributed by atoms with Crippen LogP contribution in [0.1, 0.15) is 12.8 Å². The maximum Gasteiger partial charge on any atom is 0.255 e. The van der Waals surface area contributed by atoms with Crippen LogP contribution in [0.25, 0.3) is 10.8 Å². The monoisotopic (exact) mass is 271 g/mol. The van der Waals surface area contributed by atoms with Crippen molar-refractivity contribution in [1.29, 1.82) is 0 Å². The van der Waals surface area contributed by atoms with Gasteiger partial charge in [-0.15, -0.1) is 0 Å². The smallest absolute Gasteiger partial charge is 0.255 e. The first kappa shape index (κ1) is 12.7. The van der Waals surface area contributed by atoms with Crippen LogP contribution in [0.3, 0.4) is 0 Å². The second kappa shape index (κ2) is 5.36. The van der Waals surface area contributed by atoms with E-state index >= 15 is 0 Å². The van der Waals surface area contributed by atoms with Crippen molar-refractivity contribution in [3.05, 3.63) is 40.8 Å². The van der Waals surface area contributed by atoms with Crippen molar-refractivity contribution in [1.82, 2.24) is 9.88 Å². The summed E-state index contributed by atoms with van der Waals surface area (Å²) in [6.07, 6.45) is 3.82. The first-order chi connectivity index (χ1) is 9.74. The van der Waals surface area contributed by atoms with E-state index in [1.807, 2.05) is 23.1 Å². The first-order valence-electron chi connectivity index (χ1n) is 6.87. The molecule has 1 saturated heterocycles. The predicted molar refractivity (Wildman–Crippen MR) is 78.9 cm³/mol. The van der Waals surface area contributed by atoms with Crippen LogP contribution in [0.4, 0.5) is 5.69 Å². The van der Waals surface area contributed by atoms with E-state index in [0.717, 1.165) is 37.0 Å². The summed E-state index contributed by atoms with van der Waals surface area (Å²) in [6.45, 7) is 1.99. The van der Waals surface area contributed by atoms with Gasteiger partial charge in [0.1, 0.15) is 0 Å². The molecule has 1 fully saturated rings. The van der Waals surface area contributed by atoms with Crippen LogP contribution in [0.15, 0.2) is 35.3 Å². The number of hydrogen-bond donors (Lipinski definition) is 2. The number of nitrogens with zero attached hydrogens (tertiary/aromatic N) is 1. The SMILES string of the molecule is O=C(CNc1ccc2cc[nH]c(=O)c2c1)N1CCCC1. The largest absolute Gasteiger partial charge is 0.376 e. The molecule has 3 rings (SSSR count). The summed E-state index contributed by atoms with van der Waals surface area (Å²) in [5.41, 5.74) is 0.679. The van der Waals surface area contributed by atoms with Gasteiger partial charge in [-0.2, -0.15) is 0 Å². The van der Waals surface area contributed by atoms with Crippen molar-refractivity contribution < 1.29 is 4.79 Å². The van der Waals surface area contributed by atoms with Gasteiger partial charge in [-0.3, -0.25) is 9.59 Å². The number of hydrogen-bond acceptors (Lipinski definition) is 3. The van der Waals surface area contributed by atoms with E-state index in [9.17, 15) is 9.59 Å². The lowest BCUT2D eigenvalue weighted by molar-refractivity contribution is -0.128. The molecular weight excluding hydrogens is 254 g/mol. The van der Waals surface area contributed by atoms with E-state index in [1.54, 1.807) is 12.3 Å². The van der Waals surface area contributed by atoms with E-state index in [1.165, 1.54) is 0 Å². The Labute approximate surface area is 116 Å². The topological polar surface area (TPSA) is 65.2 Å². The summed E-state index contributed by atoms with van der Waals surface area (Å²) < 4.78 is 0. The molecular formula is C15H17N3O2. The Morgan fingerprint density at radius 3 is 2.85 bits per heavy atom. The van der Waals surface area contributed by atoms with Gasteiger partial charge in [0.25, 0.3) is 5.56 Å². The summed E-state index contributed by atoms with van der Waals surface area (Å²) in [4.78, 5) is 28.2. The number of rotatable bonds is 3. The Morgan fingerprint density at radius 2 is 2.05 bits per heavy atom. The number of H-pyrrole nitrogens is 1. The van der Waals surface area contributed by atoms with Gasteiger partial charge in [0.05, 0.1) is 6.54 Å². The van der Waals surface area contributed by atoms with Crippen molar-refractivity contribution in [2.24, 2.45) is 0 Å². The summed E-state index contributed by atoms with van der Waals surface area (Å²) in [6, 6.07) is 7.41. The maximum atomic E-state index is 11.9. The van der Waals surface area contributed by atoms with Gasteiger partial charge in [0.15, 0.2) is 0 Å². The van der Waals surface area contributed by atoms with Crippen LogP contribution >= 0.6 is 0 Å². The highest BCUT2D eigenvalue weighted by molar-refractivity contribution is 5.86. The van der Waals surface area contributed by atoms with Gasteiger partial charge in [-0.1, -0.05) is 6.07 Å². The zero-order valence-electron chi connectivity index (χ0n) is 11.2. The van der Waals surface area contributed by atoms with Gasteiger partial charge < -0.3 is 15.2 Å². The van der Waals surface area contributed by atoms with E-state index in [4.69, 9.17) is 0 Å². The lowest BCUT2D eigenvalue weighted by Crippen LogP contribution is -2.32. The van der Waals surface area contributed by atoms with E-state index in [-0.39, 0.29) is 18.0 Å². The molecule has 0 spiro atoms. The average Bonchev–Trinajstić information content (AvgIpc) is 3.00. The minimum atomic E-state index is -0.114. The second-order valence-electron chi connectivity index (χ2n) is 5.05. The third kappa shape index (κ3) is 2.52. The number of aromatic nitrogens is 1. The number of anilines is 1. The zero-order valence-corrected chi connectivity index (χ0v) is 11.2. The molecule has 1 amide bonds. The minimum absolute atomic E-state index is 0.114. The van der Waals surface area contributed by atoms with Gasteiger partial charge in [-0.25, -0.2) is 0 Å². The van der Waals surface area contributed by atoms with Crippen LogP contribution in [0.5, 0.6) is 0 Å². The fourth-order valence-corrected chi connectivity index (χ4v) is 2.55. The Hall–Kier alpha value is -2.30. The van der Waals surface area contributed by atoms with Gasteiger partial charge in [0, 0.05) is 30.4 Å². The molecule has 0 aliphatic carbocycles. The normalized spacial score (nSPS) is 14.7. The Balaban J connectivity index is 1.73. The van der Waals surface area contributed by atoms with E-state index in [2.05, 4.69) is 10.3 Å². The molecule has 20 heavy (non-hydrogen) atoms. The summed E-state index contributed by atoms with van der Waals surface area (Å²) in [7, 11) is 0. The number of likely N-dealkylation sites (tertiary alicyclic amines) is 1. The molecule has 5 heteroatoms. The molecule has 1 aliphatic rings. The third-order valence-corrected chi connectivity index (χ3v) is 3.68. The quantitative estimate of drug-likeness (QED) is 0.890. The number of aromatic amines is 1. The molecule has 2 heterocycles. The van der Waals surface area contributed by atoms with Crippen LogP contribution in [-0.2, 0) is 4.79 Å². The van der Waals surface area contributed by atoms with Crippen molar-refractivity contribution in [2.45, 2.75) is 12.8 Å². The first-order valence-corrected chi connectivity index (χ1v) is 6.87. The molecule has 1 aromatic heterocycles. The van der Waals surface area contributed by atoms with Crippen molar-refractivity contribution in [3.8, 4) is 0 Å². The van der Waals surface area contributed by atoms with Crippen LogP contribution in [-0.4, -0.2) is 35.4 Å². The number of amides is 1. The highest BCUT2D eigenvalue weighted by Gasteiger charge is 2.17. The number of nitrogens with one attached hydrogen (secondary N) is 2. The zero-order chi connectivity index (χ0) is 13.9. The number of carbonyl (C=O) groups is 1. The Morgan fingerprint density at radius 1 is 1.25 bits per heavy atom. The van der Waals surface area contributed by atoms with Gasteiger partial charge in [-0.05, 0) is 36.4 Å². The fourth-order valence-electron chi connectivity index (χ4n) is 2.55. The highest BCUT2D eigenvalue weighted by Crippen LogP contribution is 2.15. The minimum Gasteiger partial charge on any atom is -0.376 e. The molecule has 104 valence electrons. The molecule has 0 bridgehead atoms. The standard InChI is InChI=1S/C15H17N3O2/c19-14(18-7-1-2-8-18)10-17-12-4-3-11-5-6-16-15(20)13(11)9-12/h3-6,9,17H,1-2,7-8,10H2,(H,16,20). The average molecular weight is 271 g/mol. The molecule has 1 aliphatic heterocycles. The number of carbonyl (C=O) groups excluding carboxylic acids is 1. The predicted octanol–water partition coefficient (Wildman–Crippen LogP) is 1.56. The van der Waals surface area contributed by atoms with Crippen molar-refractivity contribution >= 4 is 22.4 Å². The number of fused-ring (bicyclic) bond motifs is 1. The van der Waals surface area contributed by atoms with E-state index in [0.29, 0.717) is 5.39 Å². The van der Waals surface area contributed by atoms with Crippen molar-refractivity contribution in [3.63, 3.8) is 0 Å². The lowest BCUT2D eigenvalue weighted by atomic mass is 10.1. The summed E-state index contributed by atoms with van der Waals surface area (Å²) in [5.74, 6) is 0.115. The molecule has 0 unspecified atom stereocenters.